The van der Waals surface area contributed by atoms with Gasteiger partial charge in [0.2, 0.25) is 0 Å². The SMILES string of the molecule is CC.[B]c1c[nH]c(=O)c(N2CCC2)n1.[HH]. The van der Waals surface area contributed by atoms with Gasteiger partial charge in [0.05, 0.1) is 0 Å². The lowest BCUT2D eigenvalue weighted by Gasteiger charge is -2.31. The van der Waals surface area contributed by atoms with Crippen LogP contribution in [0.25, 0.3) is 0 Å². The maximum absolute atomic E-state index is 11.2. The van der Waals surface area contributed by atoms with Crippen molar-refractivity contribution in [3.63, 3.8) is 0 Å². The van der Waals surface area contributed by atoms with Crippen molar-refractivity contribution in [3.8, 4) is 0 Å². The molecule has 0 unspecified atom stereocenters. The highest BCUT2D eigenvalue weighted by Gasteiger charge is 2.18. The van der Waals surface area contributed by atoms with Crippen LogP contribution in [0.4, 0.5) is 5.82 Å². The predicted molar refractivity (Wildman–Crippen MR) is 60.5 cm³/mol. The number of hydrogen-bond acceptors (Lipinski definition) is 3. The Hall–Kier alpha value is -1.26. The minimum absolute atomic E-state index is 0. The van der Waals surface area contributed by atoms with Crippen molar-refractivity contribution in [2.75, 3.05) is 18.0 Å². The first-order chi connectivity index (χ1) is 6.77. The van der Waals surface area contributed by atoms with Crippen LogP contribution in [0.2, 0.25) is 0 Å². The average Bonchev–Trinajstić information content (AvgIpc) is 2.12. The van der Waals surface area contributed by atoms with Crippen molar-refractivity contribution in [2.24, 2.45) is 0 Å². The zero-order chi connectivity index (χ0) is 10.6. The minimum atomic E-state index is -0.163. The van der Waals surface area contributed by atoms with Crippen LogP contribution in [0, 0.1) is 0 Å². The maximum Gasteiger partial charge on any atom is 0.290 e. The lowest BCUT2D eigenvalue weighted by Crippen LogP contribution is -2.42. The van der Waals surface area contributed by atoms with Crippen LogP contribution in [-0.2, 0) is 0 Å². The summed E-state index contributed by atoms with van der Waals surface area (Å²) < 4.78 is 0. The fourth-order valence-electron chi connectivity index (χ4n) is 1.15. The molecule has 1 saturated heterocycles. The third kappa shape index (κ3) is 2.16. The number of nitrogens with one attached hydrogen (secondary N) is 1. The highest BCUT2D eigenvalue weighted by molar-refractivity contribution is 6.30. The molecule has 0 atom stereocenters. The number of rotatable bonds is 1. The summed E-state index contributed by atoms with van der Waals surface area (Å²) in [5.74, 6) is 0.446. The molecule has 76 valence electrons. The largest absolute Gasteiger partial charge is 0.352 e. The summed E-state index contributed by atoms with van der Waals surface area (Å²) in [7, 11) is 5.44. The standard InChI is InChI=1S/C7H8BN3O.C2H6.H2/c8-5-4-9-7(12)6(10-5)11-2-1-3-11;1-2;/h4H,1-3H2,(H,9,12);1-2H3;1H. The number of H-pyrrole nitrogens is 1. The molecular formula is C9H16BN3O. The summed E-state index contributed by atoms with van der Waals surface area (Å²) in [6, 6.07) is 0. The maximum atomic E-state index is 11.2. The Balaban J connectivity index is 0.000000617. The molecule has 0 bridgehead atoms. The molecule has 1 aliphatic heterocycles. The molecule has 2 heterocycles. The topological polar surface area (TPSA) is 49.0 Å². The lowest BCUT2D eigenvalue weighted by molar-refractivity contribution is 0.606. The molecule has 0 aliphatic carbocycles. The van der Waals surface area contributed by atoms with Gasteiger partial charge in [-0.3, -0.25) is 4.79 Å². The van der Waals surface area contributed by atoms with E-state index in [4.69, 9.17) is 7.85 Å². The van der Waals surface area contributed by atoms with Gasteiger partial charge in [-0.1, -0.05) is 13.8 Å². The molecular weight excluding hydrogens is 177 g/mol. The summed E-state index contributed by atoms with van der Waals surface area (Å²) in [6.45, 7) is 5.80. The van der Waals surface area contributed by atoms with Crippen LogP contribution in [0.3, 0.4) is 0 Å². The van der Waals surface area contributed by atoms with E-state index in [9.17, 15) is 4.79 Å². The Kier molecular flexibility index (Phi) is 3.74. The Morgan fingerprint density at radius 1 is 1.57 bits per heavy atom. The van der Waals surface area contributed by atoms with E-state index in [1.807, 2.05) is 18.7 Å². The highest BCUT2D eigenvalue weighted by atomic mass is 16.1. The van der Waals surface area contributed by atoms with E-state index in [1.165, 1.54) is 6.20 Å². The molecule has 1 fully saturated rings. The zero-order valence-electron chi connectivity index (χ0n) is 8.58. The van der Waals surface area contributed by atoms with Crippen LogP contribution in [0.1, 0.15) is 21.7 Å². The van der Waals surface area contributed by atoms with Crippen molar-refractivity contribution in [1.29, 1.82) is 0 Å². The lowest BCUT2D eigenvalue weighted by atomic mass is 10.1. The van der Waals surface area contributed by atoms with E-state index in [0.717, 1.165) is 19.5 Å². The number of aromatic amines is 1. The van der Waals surface area contributed by atoms with Crippen LogP contribution < -0.4 is 16.1 Å². The van der Waals surface area contributed by atoms with Crippen molar-refractivity contribution < 1.29 is 1.43 Å². The van der Waals surface area contributed by atoms with Crippen LogP contribution >= 0.6 is 0 Å². The van der Waals surface area contributed by atoms with E-state index in [-0.39, 0.29) is 6.99 Å². The number of nitrogens with zero attached hydrogens (tertiary/aromatic N) is 2. The van der Waals surface area contributed by atoms with Crippen LogP contribution in [0.15, 0.2) is 11.0 Å². The average molecular weight is 193 g/mol. The highest BCUT2D eigenvalue weighted by Crippen LogP contribution is 2.11. The predicted octanol–water partition coefficient (Wildman–Crippen LogP) is 0.0460. The van der Waals surface area contributed by atoms with E-state index < -0.39 is 0 Å². The monoisotopic (exact) mass is 193 g/mol. The summed E-state index contributed by atoms with van der Waals surface area (Å²) in [5, 5.41) is 0. The third-order valence-corrected chi connectivity index (χ3v) is 1.94. The van der Waals surface area contributed by atoms with Gasteiger partial charge >= 0.3 is 0 Å². The normalized spacial score (nSPS) is 14.0. The summed E-state index contributed by atoms with van der Waals surface area (Å²) in [4.78, 5) is 19.6. The van der Waals surface area contributed by atoms with Crippen molar-refractivity contribution in [2.45, 2.75) is 20.3 Å². The molecule has 1 aliphatic rings. The summed E-state index contributed by atoms with van der Waals surface area (Å²) >= 11 is 0. The summed E-state index contributed by atoms with van der Waals surface area (Å²) in [6.07, 6.45) is 2.53. The van der Waals surface area contributed by atoms with E-state index in [0.29, 0.717) is 11.4 Å². The van der Waals surface area contributed by atoms with E-state index >= 15 is 0 Å². The molecule has 0 aromatic carbocycles. The van der Waals surface area contributed by atoms with E-state index in [2.05, 4.69) is 9.97 Å². The Morgan fingerprint density at radius 3 is 2.71 bits per heavy atom. The van der Waals surface area contributed by atoms with Gasteiger partial charge in [0.1, 0.15) is 7.85 Å². The van der Waals surface area contributed by atoms with Gasteiger partial charge in [0, 0.05) is 26.3 Å². The molecule has 1 aromatic heterocycles. The molecule has 14 heavy (non-hydrogen) atoms. The fourth-order valence-corrected chi connectivity index (χ4v) is 1.15. The van der Waals surface area contributed by atoms with Gasteiger partial charge in [0.25, 0.3) is 5.56 Å². The third-order valence-electron chi connectivity index (χ3n) is 1.94. The Bertz CT molecular complexity index is 351. The first-order valence-corrected chi connectivity index (χ1v) is 4.87. The van der Waals surface area contributed by atoms with Crippen molar-refractivity contribution in [3.05, 3.63) is 16.6 Å². The molecule has 0 amide bonds. The Labute approximate surface area is 86.3 Å². The first-order valence-electron chi connectivity index (χ1n) is 4.87. The number of anilines is 1. The second-order valence-electron chi connectivity index (χ2n) is 2.82. The minimum Gasteiger partial charge on any atom is -0.352 e. The van der Waals surface area contributed by atoms with Gasteiger partial charge in [-0.25, -0.2) is 4.98 Å². The van der Waals surface area contributed by atoms with Crippen molar-refractivity contribution in [1.82, 2.24) is 9.97 Å². The van der Waals surface area contributed by atoms with Gasteiger partial charge in [0.15, 0.2) is 5.82 Å². The summed E-state index contributed by atoms with van der Waals surface area (Å²) in [5.41, 5.74) is 0.195. The van der Waals surface area contributed by atoms with Gasteiger partial charge < -0.3 is 9.88 Å². The van der Waals surface area contributed by atoms with Crippen LogP contribution in [-0.4, -0.2) is 30.9 Å². The van der Waals surface area contributed by atoms with Gasteiger partial charge in [-0.05, 0) is 6.42 Å². The van der Waals surface area contributed by atoms with Crippen molar-refractivity contribution >= 4 is 19.3 Å². The molecule has 0 saturated carbocycles. The Morgan fingerprint density at radius 2 is 2.21 bits per heavy atom. The number of hydrogen-bond donors (Lipinski definition) is 1. The number of aromatic nitrogens is 2. The molecule has 0 spiro atoms. The molecule has 2 rings (SSSR count). The quantitative estimate of drug-likeness (QED) is 0.641. The smallest absolute Gasteiger partial charge is 0.290 e. The second-order valence-corrected chi connectivity index (χ2v) is 2.82. The molecule has 2 radical (unpaired) electrons. The fraction of sp³-hybridized carbons (Fsp3) is 0.556. The zero-order valence-corrected chi connectivity index (χ0v) is 8.58. The molecule has 4 nitrogen and oxygen atoms in total. The molecule has 5 heteroatoms. The molecule has 1 aromatic rings. The van der Waals surface area contributed by atoms with Crippen LogP contribution in [0.5, 0.6) is 0 Å². The van der Waals surface area contributed by atoms with Gasteiger partial charge in [-0.15, -0.1) is 0 Å². The van der Waals surface area contributed by atoms with Gasteiger partial charge in [-0.2, -0.15) is 0 Å². The second kappa shape index (κ2) is 4.84. The first kappa shape index (κ1) is 10.8. The van der Waals surface area contributed by atoms with E-state index in [1.54, 1.807) is 0 Å². The molecule has 1 N–H and O–H groups in total.